The molecule has 0 atom stereocenters. The molecule has 1 aliphatic heterocycles. The number of allylic oxidation sites excluding steroid dienone is 5. The van der Waals surface area contributed by atoms with Crippen LogP contribution < -0.4 is 5.32 Å². The maximum atomic E-state index is 13.3. The van der Waals surface area contributed by atoms with Gasteiger partial charge in [-0.25, -0.2) is 0 Å². The molecule has 1 fully saturated rings. The highest BCUT2D eigenvalue weighted by Crippen LogP contribution is 2.22. The van der Waals surface area contributed by atoms with Gasteiger partial charge in [0.15, 0.2) is 0 Å². The molecule has 0 unspecified atom stereocenters. The molecule has 1 aromatic rings. The van der Waals surface area contributed by atoms with Crippen molar-refractivity contribution in [2.75, 3.05) is 26.2 Å². The maximum absolute atomic E-state index is 13.3. The van der Waals surface area contributed by atoms with E-state index in [1.807, 2.05) is 51.2 Å². The molecular weight excluding hydrogens is 382 g/mol. The number of hydrogen-bond donors (Lipinski definition) is 1. The fourth-order valence-corrected chi connectivity index (χ4v) is 3.44. The smallest absolute Gasteiger partial charge is 0.210 e. The molecular formula is C27H37N3O. The lowest BCUT2D eigenvalue weighted by molar-refractivity contribution is -0.113. The Morgan fingerprint density at radius 2 is 1.61 bits per heavy atom. The van der Waals surface area contributed by atoms with Crippen molar-refractivity contribution < 1.29 is 4.79 Å². The van der Waals surface area contributed by atoms with Crippen LogP contribution in [0.3, 0.4) is 0 Å². The van der Waals surface area contributed by atoms with Crippen LogP contribution in [0.1, 0.15) is 46.6 Å². The molecule has 0 radical (unpaired) electrons. The van der Waals surface area contributed by atoms with Crippen LogP contribution in [0.15, 0.2) is 83.9 Å². The fraction of sp³-hybridized carbons (Fsp3) is 0.370. The Bertz CT molecular complexity index is 898. The number of ketones is 1. The highest BCUT2D eigenvalue weighted by molar-refractivity contribution is 6.10. The van der Waals surface area contributed by atoms with E-state index in [4.69, 9.17) is 0 Å². The molecule has 1 aromatic carbocycles. The lowest BCUT2D eigenvalue weighted by Gasteiger charge is -2.38. The zero-order valence-electron chi connectivity index (χ0n) is 19.8. The van der Waals surface area contributed by atoms with Gasteiger partial charge in [-0.05, 0) is 45.3 Å². The minimum Gasteiger partial charge on any atom is -0.368 e. The van der Waals surface area contributed by atoms with Gasteiger partial charge in [0.2, 0.25) is 5.78 Å². The van der Waals surface area contributed by atoms with E-state index in [0.29, 0.717) is 11.3 Å². The molecule has 1 heterocycles. The summed E-state index contributed by atoms with van der Waals surface area (Å²) in [7, 11) is 0. The van der Waals surface area contributed by atoms with Crippen LogP contribution >= 0.6 is 0 Å². The van der Waals surface area contributed by atoms with Gasteiger partial charge in [0, 0.05) is 49.3 Å². The molecule has 4 nitrogen and oxygen atoms in total. The van der Waals surface area contributed by atoms with Crippen LogP contribution in [0.4, 0.5) is 0 Å². The molecule has 1 N–H and O–H groups in total. The van der Waals surface area contributed by atoms with E-state index in [-0.39, 0.29) is 5.78 Å². The second-order valence-electron chi connectivity index (χ2n) is 8.00. The van der Waals surface area contributed by atoms with E-state index in [0.717, 1.165) is 55.1 Å². The predicted octanol–water partition coefficient (Wildman–Crippen LogP) is 5.50. The van der Waals surface area contributed by atoms with Gasteiger partial charge in [-0.2, -0.15) is 0 Å². The number of hydrogen-bond acceptors (Lipinski definition) is 4. The number of carbonyl (C=O) groups is 1. The Labute approximate surface area is 188 Å². The Morgan fingerprint density at radius 1 is 1.03 bits per heavy atom. The minimum absolute atomic E-state index is 0.0274. The molecule has 1 aliphatic rings. The molecule has 0 spiro atoms. The Morgan fingerprint density at radius 3 is 2.16 bits per heavy atom. The molecule has 0 saturated carbocycles. The standard InChI is InChI=1S/C27H37N3O/c1-8-20(3)22(5)28-19-26(21(4)9-2)27(31)24(7)30-17-15-29(16-18-30)23(6)25-13-11-10-12-14-25/h9-14,19,28H,6-8,15-18H2,1-5H3/b21-9+,22-20-,26-19+. The van der Waals surface area contributed by atoms with Gasteiger partial charge in [0.05, 0.1) is 5.70 Å². The number of piperazine rings is 1. The molecule has 31 heavy (non-hydrogen) atoms. The normalized spacial score (nSPS) is 16.0. The number of rotatable bonds is 9. The first-order valence-electron chi connectivity index (χ1n) is 11.0. The van der Waals surface area contributed by atoms with Crippen LogP contribution in [-0.4, -0.2) is 41.8 Å². The average molecular weight is 420 g/mol. The van der Waals surface area contributed by atoms with Gasteiger partial charge >= 0.3 is 0 Å². The van der Waals surface area contributed by atoms with Crippen molar-refractivity contribution in [3.8, 4) is 0 Å². The van der Waals surface area contributed by atoms with Gasteiger partial charge in [-0.1, -0.05) is 62.1 Å². The van der Waals surface area contributed by atoms with Crippen molar-refractivity contribution >= 4 is 11.5 Å². The summed E-state index contributed by atoms with van der Waals surface area (Å²) >= 11 is 0. The minimum atomic E-state index is -0.0274. The predicted molar refractivity (Wildman–Crippen MR) is 132 cm³/mol. The number of nitrogens with one attached hydrogen (secondary N) is 1. The van der Waals surface area contributed by atoms with Gasteiger partial charge in [0.25, 0.3) is 0 Å². The quantitative estimate of drug-likeness (QED) is 0.423. The maximum Gasteiger partial charge on any atom is 0.210 e. The SMILES string of the molecule is C=C(C(=O)C(=C/N/C(C)=C(/C)CC)/C(C)=C/C)N1CCN(C(=C)c2ccccc2)CC1. The van der Waals surface area contributed by atoms with E-state index in [1.54, 1.807) is 0 Å². The van der Waals surface area contributed by atoms with Crippen LogP contribution in [0.2, 0.25) is 0 Å². The summed E-state index contributed by atoms with van der Waals surface area (Å²) in [5.41, 5.74) is 6.67. The first kappa shape index (κ1) is 24.3. The second kappa shape index (κ2) is 11.4. The third kappa shape index (κ3) is 6.24. The molecule has 0 aliphatic carbocycles. The van der Waals surface area contributed by atoms with E-state index in [1.165, 1.54) is 5.57 Å². The number of benzene rings is 1. The lowest BCUT2D eigenvalue weighted by Crippen LogP contribution is -2.45. The number of nitrogens with zero attached hydrogens (tertiary/aromatic N) is 2. The van der Waals surface area contributed by atoms with Crippen LogP contribution in [0.5, 0.6) is 0 Å². The van der Waals surface area contributed by atoms with Crippen molar-refractivity contribution in [3.05, 3.63) is 89.4 Å². The van der Waals surface area contributed by atoms with Crippen molar-refractivity contribution in [3.63, 3.8) is 0 Å². The Hall–Kier alpha value is -3.01. The molecule has 2 rings (SSSR count). The molecule has 1 saturated heterocycles. The molecule has 4 heteroatoms. The van der Waals surface area contributed by atoms with Gasteiger partial charge in [-0.15, -0.1) is 0 Å². The van der Waals surface area contributed by atoms with E-state index in [9.17, 15) is 4.79 Å². The fourth-order valence-electron chi connectivity index (χ4n) is 3.44. The second-order valence-corrected chi connectivity index (χ2v) is 8.00. The number of Topliss-reactive ketones (excluding diaryl/α,β-unsaturated/α-hetero) is 1. The summed E-state index contributed by atoms with van der Waals surface area (Å²) in [6, 6.07) is 10.2. The molecule has 166 valence electrons. The summed E-state index contributed by atoms with van der Waals surface area (Å²) in [6.07, 6.45) is 4.76. The average Bonchev–Trinajstić information content (AvgIpc) is 2.82. The summed E-state index contributed by atoms with van der Waals surface area (Å²) in [6.45, 7) is 21.7. The summed E-state index contributed by atoms with van der Waals surface area (Å²) < 4.78 is 0. The molecule has 0 amide bonds. The largest absolute Gasteiger partial charge is 0.368 e. The van der Waals surface area contributed by atoms with Crippen LogP contribution in [0.25, 0.3) is 5.70 Å². The van der Waals surface area contributed by atoms with Crippen molar-refractivity contribution in [2.45, 2.75) is 41.0 Å². The van der Waals surface area contributed by atoms with E-state index in [2.05, 4.69) is 54.3 Å². The van der Waals surface area contributed by atoms with Gasteiger partial charge in [0.1, 0.15) is 0 Å². The molecule has 0 aromatic heterocycles. The number of carbonyl (C=O) groups excluding carboxylic acids is 1. The zero-order chi connectivity index (χ0) is 23.0. The van der Waals surface area contributed by atoms with Crippen LogP contribution in [0, 0.1) is 0 Å². The van der Waals surface area contributed by atoms with Crippen molar-refractivity contribution in [2.24, 2.45) is 0 Å². The van der Waals surface area contributed by atoms with Crippen molar-refractivity contribution in [1.82, 2.24) is 15.1 Å². The monoisotopic (exact) mass is 419 g/mol. The summed E-state index contributed by atoms with van der Waals surface area (Å²) in [5.74, 6) is -0.0274. The third-order valence-electron chi connectivity index (χ3n) is 6.12. The first-order valence-corrected chi connectivity index (χ1v) is 11.0. The Balaban J connectivity index is 2.07. The first-order chi connectivity index (χ1) is 14.8. The van der Waals surface area contributed by atoms with Gasteiger partial charge < -0.3 is 15.1 Å². The van der Waals surface area contributed by atoms with E-state index >= 15 is 0 Å². The Kier molecular flexibility index (Phi) is 8.92. The van der Waals surface area contributed by atoms with Gasteiger partial charge in [-0.3, -0.25) is 4.79 Å². The summed E-state index contributed by atoms with van der Waals surface area (Å²) in [4.78, 5) is 17.7. The lowest BCUT2D eigenvalue weighted by atomic mass is 10.0. The zero-order valence-corrected chi connectivity index (χ0v) is 19.8. The van der Waals surface area contributed by atoms with E-state index < -0.39 is 0 Å². The van der Waals surface area contributed by atoms with Crippen LogP contribution in [-0.2, 0) is 4.79 Å². The molecule has 0 bridgehead atoms. The highest BCUT2D eigenvalue weighted by atomic mass is 16.1. The van der Waals surface area contributed by atoms with Crippen molar-refractivity contribution in [1.29, 1.82) is 0 Å². The topological polar surface area (TPSA) is 35.6 Å². The highest BCUT2D eigenvalue weighted by Gasteiger charge is 2.24. The summed E-state index contributed by atoms with van der Waals surface area (Å²) in [5, 5.41) is 3.30. The third-order valence-corrected chi connectivity index (χ3v) is 6.12.